The standard InChI is InChI=1S/C10H12FI.C2H6/c1-5-6(2)8(4)10(12)9(11)7(5)3;1-2/h1-4H3;1-2H3. The van der Waals surface area contributed by atoms with Gasteiger partial charge >= 0.3 is 0 Å². The van der Waals surface area contributed by atoms with Crippen LogP contribution in [0.3, 0.4) is 0 Å². The molecular formula is C12H18FI. The van der Waals surface area contributed by atoms with E-state index in [-0.39, 0.29) is 5.82 Å². The summed E-state index contributed by atoms with van der Waals surface area (Å²) in [5, 5.41) is 0. The van der Waals surface area contributed by atoms with Crippen LogP contribution in [0.5, 0.6) is 0 Å². The molecule has 0 N–H and O–H groups in total. The lowest BCUT2D eigenvalue weighted by Crippen LogP contribution is -1.99. The molecule has 0 atom stereocenters. The third-order valence-corrected chi connectivity index (χ3v) is 3.82. The monoisotopic (exact) mass is 308 g/mol. The smallest absolute Gasteiger partial charge is 0.139 e. The van der Waals surface area contributed by atoms with Gasteiger partial charge in [0.05, 0.1) is 3.57 Å². The Morgan fingerprint density at radius 2 is 1.14 bits per heavy atom. The fourth-order valence-corrected chi connectivity index (χ4v) is 2.03. The normalized spacial score (nSPS) is 9.43. The van der Waals surface area contributed by atoms with Crippen LogP contribution in [-0.4, -0.2) is 0 Å². The molecule has 14 heavy (non-hydrogen) atoms. The molecule has 1 aromatic carbocycles. The maximum Gasteiger partial charge on any atom is 0.139 e. The minimum absolute atomic E-state index is 0.0591. The maximum atomic E-state index is 13.4. The maximum absolute atomic E-state index is 13.4. The zero-order valence-electron chi connectivity index (χ0n) is 9.76. The largest absolute Gasteiger partial charge is 0.206 e. The summed E-state index contributed by atoms with van der Waals surface area (Å²) in [6.45, 7) is 11.8. The molecule has 0 saturated carbocycles. The molecule has 1 rings (SSSR count). The van der Waals surface area contributed by atoms with Crippen LogP contribution < -0.4 is 0 Å². The summed E-state index contributed by atoms with van der Waals surface area (Å²) in [5.74, 6) is -0.0591. The Morgan fingerprint density at radius 1 is 0.786 bits per heavy atom. The summed E-state index contributed by atoms with van der Waals surface area (Å²) in [6.07, 6.45) is 0. The van der Waals surface area contributed by atoms with Crippen molar-refractivity contribution in [2.24, 2.45) is 0 Å². The van der Waals surface area contributed by atoms with Gasteiger partial charge < -0.3 is 0 Å². The lowest BCUT2D eigenvalue weighted by molar-refractivity contribution is 0.607. The average molecular weight is 308 g/mol. The lowest BCUT2D eigenvalue weighted by atomic mass is 9.99. The first-order chi connectivity index (χ1) is 6.46. The van der Waals surface area contributed by atoms with Gasteiger partial charge in [0, 0.05) is 0 Å². The van der Waals surface area contributed by atoms with Gasteiger partial charge in [-0.2, -0.15) is 0 Å². The molecule has 0 radical (unpaired) electrons. The van der Waals surface area contributed by atoms with E-state index in [0.717, 1.165) is 20.3 Å². The van der Waals surface area contributed by atoms with Crippen molar-refractivity contribution >= 4 is 22.6 Å². The second-order valence-corrected chi connectivity index (χ2v) is 4.21. The van der Waals surface area contributed by atoms with E-state index in [4.69, 9.17) is 0 Å². The molecule has 0 bridgehead atoms. The van der Waals surface area contributed by atoms with Gasteiger partial charge in [0.2, 0.25) is 0 Å². The fourth-order valence-electron chi connectivity index (χ4n) is 1.22. The van der Waals surface area contributed by atoms with E-state index in [2.05, 4.69) is 22.6 Å². The summed E-state index contributed by atoms with van der Waals surface area (Å²) in [5.41, 5.74) is 4.13. The molecule has 0 amide bonds. The van der Waals surface area contributed by atoms with Crippen LogP contribution >= 0.6 is 22.6 Å². The molecule has 0 aromatic heterocycles. The molecule has 0 saturated heterocycles. The SMILES string of the molecule is CC.Cc1c(C)c(C)c(I)c(F)c1C. The van der Waals surface area contributed by atoms with Gasteiger partial charge in [-0.25, -0.2) is 4.39 Å². The van der Waals surface area contributed by atoms with Crippen molar-refractivity contribution in [2.45, 2.75) is 41.5 Å². The van der Waals surface area contributed by atoms with Gasteiger partial charge in [0.25, 0.3) is 0 Å². The van der Waals surface area contributed by atoms with E-state index in [0.29, 0.717) is 0 Å². The van der Waals surface area contributed by atoms with E-state index in [9.17, 15) is 4.39 Å². The minimum atomic E-state index is -0.0591. The minimum Gasteiger partial charge on any atom is -0.206 e. The molecule has 0 aliphatic rings. The van der Waals surface area contributed by atoms with Gasteiger partial charge in [-0.3, -0.25) is 0 Å². The third-order valence-electron chi connectivity index (χ3n) is 2.54. The summed E-state index contributed by atoms with van der Waals surface area (Å²) in [4.78, 5) is 0. The zero-order valence-corrected chi connectivity index (χ0v) is 11.9. The summed E-state index contributed by atoms with van der Waals surface area (Å²) < 4.78 is 14.2. The molecule has 0 heterocycles. The number of benzene rings is 1. The number of halogens is 2. The predicted molar refractivity (Wildman–Crippen MR) is 69.4 cm³/mol. The first kappa shape index (κ1) is 13.9. The quantitative estimate of drug-likeness (QED) is 0.610. The molecular weight excluding hydrogens is 290 g/mol. The number of hydrogen-bond donors (Lipinski definition) is 0. The first-order valence-corrected chi connectivity index (χ1v) is 5.96. The second-order valence-electron chi connectivity index (χ2n) is 3.13. The van der Waals surface area contributed by atoms with Crippen LogP contribution in [0, 0.1) is 37.1 Å². The molecule has 80 valence electrons. The topological polar surface area (TPSA) is 0 Å². The van der Waals surface area contributed by atoms with E-state index in [1.165, 1.54) is 5.56 Å². The van der Waals surface area contributed by atoms with Crippen LogP contribution in [0.15, 0.2) is 0 Å². The Kier molecular flexibility index (Phi) is 5.64. The second kappa shape index (κ2) is 5.69. The summed E-state index contributed by atoms with van der Waals surface area (Å²) in [7, 11) is 0. The number of rotatable bonds is 0. The molecule has 0 spiro atoms. The van der Waals surface area contributed by atoms with E-state index in [1.807, 2.05) is 41.5 Å². The highest BCUT2D eigenvalue weighted by atomic mass is 127. The number of hydrogen-bond acceptors (Lipinski definition) is 0. The van der Waals surface area contributed by atoms with Crippen LogP contribution in [-0.2, 0) is 0 Å². The van der Waals surface area contributed by atoms with Crippen molar-refractivity contribution < 1.29 is 4.39 Å². The Bertz CT molecular complexity index is 225. The lowest BCUT2D eigenvalue weighted by Gasteiger charge is -2.11. The molecule has 1 aromatic rings. The van der Waals surface area contributed by atoms with Crippen molar-refractivity contribution in [3.63, 3.8) is 0 Å². The average Bonchev–Trinajstić information content (AvgIpc) is 2.24. The highest BCUT2D eigenvalue weighted by Crippen LogP contribution is 2.25. The van der Waals surface area contributed by atoms with Gasteiger partial charge in [0.1, 0.15) is 5.82 Å². The molecule has 0 fully saturated rings. The Hall–Kier alpha value is -0.120. The van der Waals surface area contributed by atoms with E-state index < -0.39 is 0 Å². The third kappa shape index (κ3) is 2.47. The highest BCUT2D eigenvalue weighted by Gasteiger charge is 2.11. The van der Waals surface area contributed by atoms with Crippen LogP contribution in [0.25, 0.3) is 0 Å². The zero-order chi connectivity index (χ0) is 11.5. The molecule has 0 unspecified atom stereocenters. The van der Waals surface area contributed by atoms with Gasteiger partial charge in [-0.1, -0.05) is 13.8 Å². The van der Waals surface area contributed by atoms with Crippen LogP contribution in [0.1, 0.15) is 36.1 Å². The highest BCUT2D eigenvalue weighted by molar-refractivity contribution is 14.1. The first-order valence-electron chi connectivity index (χ1n) is 4.88. The van der Waals surface area contributed by atoms with E-state index in [1.54, 1.807) is 0 Å². The fraction of sp³-hybridized carbons (Fsp3) is 0.500. The molecule has 0 nitrogen and oxygen atoms in total. The Balaban J connectivity index is 0.000000791. The van der Waals surface area contributed by atoms with Gasteiger partial charge in [-0.15, -0.1) is 0 Å². The Labute approximate surface area is 100 Å². The molecule has 0 aliphatic heterocycles. The molecule has 2 heteroatoms. The van der Waals surface area contributed by atoms with Gasteiger partial charge in [0.15, 0.2) is 0 Å². The van der Waals surface area contributed by atoms with Crippen molar-refractivity contribution in [3.05, 3.63) is 31.6 Å². The summed E-state index contributed by atoms with van der Waals surface area (Å²) >= 11 is 2.06. The van der Waals surface area contributed by atoms with Crippen LogP contribution in [0.2, 0.25) is 0 Å². The van der Waals surface area contributed by atoms with Crippen molar-refractivity contribution in [2.75, 3.05) is 0 Å². The van der Waals surface area contributed by atoms with Crippen molar-refractivity contribution in [1.29, 1.82) is 0 Å². The summed E-state index contributed by atoms with van der Waals surface area (Å²) in [6, 6.07) is 0. The van der Waals surface area contributed by atoms with Gasteiger partial charge in [-0.05, 0) is 72.5 Å². The van der Waals surface area contributed by atoms with Crippen molar-refractivity contribution in [1.82, 2.24) is 0 Å². The Morgan fingerprint density at radius 3 is 1.57 bits per heavy atom. The molecule has 0 aliphatic carbocycles. The predicted octanol–water partition coefficient (Wildman–Crippen LogP) is 4.69. The van der Waals surface area contributed by atoms with Crippen LogP contribution in [0.4, 0.5) is 4.39 Å². The van der Waals surface area contributed by atoms with Crippen molar-refractivity contribution in [3.8, 4) is 0 Å². The van der Waals surface area contributed by atoms with E-state index >= 15 is 0 Å².